The van der Waals surface area contributed by atoms with E-state index in [0.717, 1.165) is 17.5 Å². The maximum absolute atomic E-state index is 12.8. The Morgan fingerprint density at radius 1 is 0.895 bits per heavy atom. The second kappa shape index (κ2) is 11.9. The molecule has 1 N–H and O–H groups in total. The highest BCUT2D eigenvalue weighted by molar-refractivity contribution is 7.92. The van der Waals surface area contributed by atoms with Gasteiger partial charge in [0, 0.05) is 29.7 Å². The smallest absolute Gasteiger partial charge is 0.255 e. The van der Waals surface area contributed by atoms with Gasteiger partial charge in [0.15, 0.2) is 0 Å². The van der Waals surface area contributed by atoms with Crippen molar-refractivity contribution < 1.29 is 17.9 Å². The number of hydrogen-bond donors (Lipinski definition) is 1. The largest absolute Gasteiger partial charge is 0.491 e. The molecule has 1 heterocycles. The number of carbonyl (C=O) groups excluding carboxylic acids is 1. The summed E-state index contributed by atoms with van der Waals surface area (Å²) in [6.07, 6.45) is 5.48. The van der Waals surface area contributed by atoms with E-state index < -0.39 is 10.0 Å². The van der Waals surface area contributed by atoms with Gasteiger partial charge >= 0.3 is 0 Å². The average Bonchev–Trinajstić information content (AvgIpc) is 2.88. The van der Waals surface area contributed by atoms with Crippen molar-refractivity contribution in [1.29, 1.82) is 0 Å². The van der Waals surface area contributed by atoms with Crippen molar-refractivity contribution in [2.75, 3.05) is 15.9 Å². The summed E-state index contributed by atoms with van der Waals surface area (Å²) in [6, 6.07) is 25.6. The Balaban J connectivity index is 1.41. The van der Waals surface area contributed by atoms with Crippen LogP contribution >= 0.6 is 0 Å². The van der Waals surface area contributed by atoms with Gasteiger partial charge in [-0.25, -0.2) is 8.42 Å². The van der Waals surface area contributed by atoms with Crippen molar-refractivity contribution in [3.8, 4) is 5.75 Å². The minimum atomic E-state index is -3.56. The van der Waals surface area contributed by atoms with Crippen LogP contribution in [0.3, 0.4) is 0 Å². The molecule has 0 spiro atoms. The highest BCUT2D eigenvalue weighted by atomic mass is 32.2. The number of benzene rings is 3. The SMILES string of the molecule is CC(C)Oc1cccc(N(Cc2ccc(C(=O)Nc3ccc(Cc4ccncc4)cc3)cc2)S(C)(=O)=O)c1. The molecule has 4 rings (SSSR count). The number of anilines is 2. The molecule has 0 aliphatic rings. The molecule has 1 amide bonds. The molecule has 0 saturated carbocycles. The molecule has 0 unspecified atom stereocenters. The van der Waals surface area contributed by atoms with Gasteiger partial charge in [0.2, 0.25) is 10.0 Å². The van der Waals surface area contributed by atoms with Crippen molar-refractivity contribution >= 4 is 27.3 Å². The van der Waals surface area contributed by atoms with Crippen LogP contribution in [0.25, 0.3) is 0 Å². The fourth-order valence-electron chi connectivity index (χ4n) is 3.96. The molecular formula is C30H31N3O4S. The van der Waals surface area contributed by atoms with E-state index in [2.05, 4.69) is 10.3 Å². The zero-order valence-electron chi connectivity index (χ0n) is 21.7. The Morgan fingerprint density at radius 3 is 2.16 bits per heavy atom. The molecule has 0 bridgehead atoms. The van der Waals surface area contributed by atoms with Gasteiger partial charge in [-0.2, -0.15) is 0 Å². The van der Waals surface area contributed by atoms with E-state index in [9.17, 15) is 13.2 Å². The quantitative estimate of drug-likeness (QED) is 0.286. The fourth-order valence-corrected chi connectivity index (χ4v) is 4.84. The minimum absolute atomic E-state index is 0.0272. The molecule has 196 valence electrons. The number of rotatable bonds is 10. The second-order valence-electron chi connectivity index (χ2n) is 9.31. The highest BCUT2D eigenvalue weighted by Gasteiger charge is 2.19. The maximum Gasteiger partial charge on any atom is 0.255 e. The highest BCUT2D eigenvalue weighted by Crippen LogP contribution is 2.26. The van der Waals surface area contributed by atoms with Crippen LogP contribution in [0.2, 0.25) is 0 Å². The summed E-state index contributed by atoms with van der Waals surface area (Å²) in [7, 11) is -3.56. The van der Waals surface area contributed by atoms with E-state index in [1.165, 1.54) is 16.1 Å². The molecule has 0 atom stereocenters. The minimum Gasteiger partial charge on any atom is -0.491 e. The van der Waals surface area contributed by atoms with Crippen LogP contribution in [0.4, 0.5) is 11.4 Å². The van der Waals surface area contributed by atoms with Crippen LogP contribution in [-0.4, -0.2) is 31.7 Å². The second-order valence-corrected chi connectivity index (χ2v) is 11.2. The van der Waals surface area contributed by atoms with Crippen LogP contribution in [-0.2, 0) is 23.0 Å². The zero-order valence-corrected chi connectivity index (χ0v) is 22.5. The van der Waals surface area contributed by atoms with Crippen LogP contribution in [0.15, 0.2) is 97.3 Å². The number of nitrogens with zero attached hydrogens (tertiary/aromatic N) is 2. The van der Waals surface area contributed by atoms with Gasteiger partial charge in [-0.3, -0.25) is 14.1 Å². The van der Waals surface area contributed by atoms with Gasteiger partial charge in [0.05, 0.1) is 24.6 Å². The lowest BCUT2D eigenvalue weighted by Gasteiger charge is -2.23. The van der Waals surface area contributed by atoms with Crippen molar-refractivity contribution in [3.05, 3.63) is 120 Å². The first-order valence-electron chi connectivity index (χ1n) is 12.3. The number of pyridine rings is 1. The predicted molar refractivity (Wildman–Crippen MR) is 151 cm³/mol. The fraction of sp³-hybridized carbons (Fsp3) is 0.200. The van der Waals surface area contributed by atoms with E-state index in [1.807, 2.05) is 50.2 Å². The molecule has 0 saturated heterocycles. The third-order valence-electron chi connectivity index (χ3n) is 5.79. The molecular weight excluding hydrogens is 498 g/mol. The van der Waals surface area contributed by atoms with Gasteiger partial charge < -0.3 is 10.1 Å². The molecule has 3 aromatic carbocycles. The number of hydrogen-bond acceptors (Lipinski definition) is 5. The summed E-state index contributed by atoms with van der Waals surface area (Å²) in [6.45, 7) is 3.96. The lowest BCUT2D eigenvalue weighted by molar-refractivity contribution is 0.102. The lowest BCUT2D eigenvalue weighted by Crippen LogP contribution is -2.29. The molecule has 4 aromatic rings. The van der Waals surface area contributed by atoms with Crippen molar-refractivity contribution in [2.24, 2.45) is 0 Å². The van der Waals surface area contributed by atoms with Gasteiger partial charge in [-0.05, 0) is 85.5 Å². The number of ether oxygens (including phenoxy) is 1. The number of amides is 1. The maximum atomic E-state index is 12.8. The zero-order chi connectivity index (χ0) is 27.1. The first-order chi connectivity index (χ1) is 18.2. The Kier molecular flexibility index (Phi) is 8.43. The Labute approximate surface area is 224 Å². The van der Waals surface area contributed by atoms with Crippen LogP contribution in [0.5, 0.6) is 5.75 Å². The number of carbonyl (C=O) groups is 1. The van der Waals surface area contributed by atoms with E-state index in [4.69, 9.17) is 4.74 Å². The molecule has 7 nitrogen and oxygen atoms in total. The summed E-state index contributed by atoms with van der Waals surface area (Å²) < 4.78 is 32.2. The molecule has 38 heavy (non-hydrogen) atoms. The van der Waals surface area contributed by atoms with Gasteiger partial charge in [0.1, 0.15) is 5.75 Å². The topological polar surface area (TPSA) is 88.6 Å². The van der Waals surface area contributed by atoms with E-state index in [1.54, 1.807) is 60.9 Å². The van der Waals surface area contributed by atoms with E-state index >= 15 is 0 Å². The van der Waals surface area contributed by atoms with Crippen molar-refractivity contribution in [2.45, 2.75) is 32.9 Å². The van der Waals surface area contributed by atoms with Crippen LogP contribution < -0.4 is 14.4 Å². The molecule has 0 aliphatic heterocycles. The third kappa shape index (κ3) is 7.43. The van der Waals surface area contributed by atoms with Crippen molar-refractivity contribution in [1.82, 2.24) is 4.98 Å². The van der Waals surface area contributed by atoms with E-state index in [-0.39, 0.29) is 18.6 Å². The molecule has 8 heteroatoms. The molecule has 0 fully saturated rings. The molecule has 1 aromatic heterocycles. The monoisotopic (exact) mass is 529 g/mol. The summed E-state index contributed by atoms with van der Waals surface area (Å²) >= 11 is 0. The summed E-state index contributed by atoms with van der Waals surface area (Å²) in [5.74, 6) is 0.362. The standard InChI is InChI=1S/C30H31N3O4S/c1-22(2)37-29-6-4-5-28(20-29)33(38(3,35)36)21-25-7-11-26(12-8-25)30(34)32-27-13-9-23(10-14-27)19-24-15-17-31-18-16-24/h4-18,20,22H,19,21H2,1-3H3,(H,32,34). The Hall–Kier alpha value is -4.17. The number of sulfonamides is 1. The van der Waals surface area contributed by atoms with E-state index in [0.29, 0.717) is 22.7 Å². The predicted octanol–water partition coefficient (Wildman–Crippen LogP) is 5.68. The Bertz CT molecular complexity index is 1470. The van der Waals surface area contributed by atoms with Gasteiger partial charge in [-0.15, -0.1) is 0 Å². The average molecular weight is 530 g/mol. The third-order valence-corrected chi connectivity index (χ3v) is 6.93. The van der Waals surface area contributed by atoms with Crippen molar-refractivity contribution in [3.63, 3.8) is 0 Å². The number of nitrogens with one attached hydrogen (secondary N) is 1. The summed E-state index contributed by atoms with van der Waals surface area (Å²) in [5.41, 5.74) is 4.75. The lowest BCUT2D eigenvalue weighted by atomic mass is 10.1. The first-order valence-corrected chi connectivity index (χ1v) is 14.1. The molecule has 0 aliphatic carbocycles. The van der Waals surface area contributed by atoms with Gasteiger partial charge in [-0.1, -0.05) is 30.3 Å². The summed E-state index contributed by atoms with van der Waals surface area (Å²) in [4.78, 5) is 16.8. The first kappa shape index (κ1) is 26.9. The molecule has 0 radical (unpaired) electrons. The Morgan fingerprint density at radius 2 is 1.53 bits per heavy atom. The van der Waals surface area contributed by atoms with Crippen LogP contribution in [0, 0.1) is 0 Å². The van der Waals surface area contributed by atoms with Crippen LogP contribution in [0.1, 0.15) is 40.9 Å². The number of aromatic nitrogens is 1. The summed E-state index contributed by atoms with van der Waals surface area (Å²) in [5, 5.41) is 2.91. The van der Waals surface area contributed by atoms with Gasteiger partial charge in [0.25, 0.3) is 5.91 Å². The normalized spacial score (nSPS) is 11.3.